The van der Waals surface area contributed by atoms with Crippen LogP contribution in [0.4, 0.5) is 0 Å². The van der Waals surface area contributed by atoms with Gasteiger partial charge in [0, 0.05) is 0 Å². The van der Waals surface area contributed by atoms with Crippen LogP contribution in [-0.2, 0) is 17.6 Å². The quantitative estimate of drug-likeness (QED) is 0.841. The maximum absolute atomic E-state index is 12.3. The first kappa shape index (κ1) is 17.5. The Balaban J connectivity index is 1.59. The molecule has 1 aliphatic rings. The minimum Gasteiger partial charge on any atom is -0.484 e. The number of benzene rings is 2. The lowest BCUT2D eigenvalue weighted by Crippen LogP contribution is -2.32. The normalized spacial score (nSPS) is 14.5. The van der Waals surface area contributed by atoms with Crippen LogP contribution in [0.15, 0.2) is 42.5 Å². The van der Waals surface area contributed by atoms with Crippen LogP contribution in [0.3, 0.4) is 0 Å². The Hall–Kier alpha value is -2.29. The van der Waals surface area contributed by atoms with Crippen molar-refractivity contribution >= 4 is 5.91 Å². The minimum absolute atomic E-state index is 0.0429. The maximum Gasteiger partial charge on any atom is 0.258 e. The Morgan fingerprint density at radius 3 is 2.52 bits per heavy atom. The molecular formula is C22H27NO2. The van der Waals surface area contributed by atoms with Gasteiger partial charge < -0.3 is 10.1 Å². The first-order chi connectivity index (χ1) is 12.2. The number of fused-ring (bicyclic) bond motifs is 1. The standard InChI is InChI=1S/C22H27NO2/c1-3-21(19-11-10-17-6-4-5-7-18(17)14-19)23-22(24)15-25-20-12-8-16(2)9-13-20/h8-14,21H,3-7,15H2,1-2H3,(H,23,24)/t21-/m1/s1. The van der Waals surface area contributed by atoms with Crippen LogP contribution in [0, 0.1) is 6.92 Å². The number of rotatable bonds is 6. The van der Waals surface area contributed by atoms with Crippen molar-refractivity contribution in [2.24, 2.45) is 0 Å². The first-order valence-electron chi connectivity index (χ1n) is 9.26. The smallest absolute Gasteiger partial charge is 0.258 e. The third-order valence-electron chi connectivity index (χ3n) is 4.91. The van der Waals surface area contributed by atoms with Crippen LogP contribution in [-0.4, -0.2) is 12.5 Å². The predicted molar refractivity (Wildman–Crippen MR) is 101 cm³/mol. The van der Waals surface area contributed by atoms with E-state index in [1.807, 2.05) is 31.2 Å². The summed E-state index contributed by atoms with van der Waals surface area (Å²) in [7, 11) is 0. The highest BCUT2D eigenvalue weighted by Crippen LogP contribution is 2.26. The number of carbonyl (C=O) groups is 1. The molecule has 132 valence electrons. The number of amides is 1. The lowest BCUT2D eigenvalue weighted by Gasteiger charge is -2.21. The monoisotopic (exact) mass is 337 g/mol. The molecule has 0 saturated heterocycles. The summed E-state index contributed by atoms with van der Waals surface area (Å²) in [5, 5.41) is 3.11. The van der Waals surface area contributed by atoms with E-state index in [1.54, 1.807) is 0 Å². The second-order valence-corrected chi connectivity index (χ2v) is 6.87. The average Bonchev–Trinajstić information content (AvgIpc) is 2.65. The third kappa shape index (κ3) is 4.62. The van der Waals surface area contributed by atoms with Crippen molar-refractivity contribution in [3.05, 3.63) is 64.7 Å². The molecule has 0 unspecified atom stereocenters. The Morgan fingerprint density at radius 1 is 1.08 bits per heavy atom. The van der Waals surface area contributed by atoms with Gasteiger partial charge in [0.05, 0.1) is 6.04 Å². The lowest BCUT2D eigenvalue weighted by molar-refractivity contribution is -0.123. The molecule has 2 aromatic carbocycles. The van der Waals surface area contributed by atoms with Crippen LogP contribution >= 0.6 is 0 Å². The molecule has 0 saturated carbocycles. The lowest BCUT2D eigenvalue weighted by atomic mass is 9.89. The van der Waals surface area contributed by atoms with Gasteiger partial charge in [0.15, 0.2) is 6.61 Å². The molecule has 3 rings (SSSR count). The number of hydrogen-bond acceptors (Lipinski definition) is 2. The van der Waals surface area contributed by atoms with Crippen molar-refractivity contribution in [3.63, 3.8) is 0 Å². The fourth-order valence-corrected chi connectivity index (χ4v) is 3.41. The molecule has 0 bridgehead atoms. The van der Waals surface area contributed by atoms with Crippen LogP contribution in [0.1, 0.15) is 54.5 Å². The summed E-state index contributed by atoms with van der Waals surface area (Å²) in [6.45, 7) is 4.18. The van der Waals surface area contributed by atoms with Crippen molar-refractivity contribution < 1.29 is 9.53 Å². The fourth-order valence-electron chi connectivity index (χ4n) is 3.41. The molecule has 2 aromatic rings. The maximum atomic E-state index is 12.3. The van der Waals surface area contributed by atoms with Gasteiger partial charge in [0.1, 0.15) is 5.75 Å². The summed E-state index contributed by atoms with van der Waals surface area (Å²) in [5.74, 6) is 0.646. The van der Waals surface area contributed by atoms with Crippen LogP contribution in [0.2, 0.25) is 0 Å². The number of hydrogen-bond donors (Lipinski definition) is 1. The Morgan fingerprint density at radius 2 is 1.80 bits per heavy atom. The summed E-state index contributed by atoms with van der Waals surface area (Å²) < 4.78 is 5.58. The van der Waals surface area contributed by atoms with Crippen LogP contribution < -0.4 is 10.1 Å². The zero-order valence-corrected chi connectivity index (χ0v) is 15.2. The zero-order chi connectivity index (χ0) is 17.6. The molecule has 0 radical (unpaired) electrons. The number of nitrogens with one attached hydrogen (secondary N) is 1. The Bertz CT molecular complexity index is 721. The Kier molecular flexibility index (Phi) is 5.75. The molecule has 0 heterocycles. The second kappa shape index (κ2) is 8.19. The van der Waals surface area contributed by atoms with Crippen molar-refractivity contribution in [2.75, 3.05) is 6.61 Å². The largest absolute Gasteiger partial charge is 0.484 e. The van der Waals surface area contributed by atoms with Gasteiger partial charge in [0.25, 0.3) is 5.91 Å². The van der Waals surface area contributed by atoms with E-state index in [0.29, 0.717) is 0 Å². The topological polar surface area (TPSA) is 38.3 Å². The fraction of sp³-hybridized carbons (Fsp3) is 0.409. The summed E-state index contributed by atoms with van der Waals surface area (Å²) in [6.07, 6.45) is 5.77. The van der Waals surface area contributed by atoms with Crippen molar-refractivity contribution in [3.8, 4) is 5.75 Å². The number of aryl methyl sites for hydroxylation is 3. The first-order valence-corrected chi connectivity index (χ1v) is 9.26. The van der Waals surface area contributed by atoms with E-state index < -0.39 is 0 Å². The number of carbonyl (C=O) groups excluding carboxylic acids is 1. The van der Waals surface area contributed by atoms with Crippen LogP contribution in [0.5, 0.6) is 5.75 Å². The molecule has 0 spiro atoms. The molecule has 1 atom stereocenters. The van der Waals surface area contributed by atoms with Gasteiger partial charge in [-0.3, -0.25) is 4.79 Å². The molecule has 3 heteroatoms. The minimum atomic E-state index is -0.0786. The highest BCUT2D eigenvalue weighted by Gasteiger charge is 2.16. The van der Waals surface area contributed by atoms with Crippen LogP contribution in [0.25, 0.3) is 0 Å². The van der Waals surface area contributed by atoms with E-state index in [2.05, 4.69) is 30.4 Å². The van der Waals surface area contributed by atoms with Gasteiger partial charge in [-0.15, -0.1) is 0 Å². The highest BCUT2D eigenvalue weighted by molar-refractivity contribution is 5.78. The van der Waals surface area contributed by atoms with Crippen molar-refractivity contribution in [1.29, 1.82) is 0 Å². The average molecular weight is 337 g/mol. The molecule has 3 nitrogen and oxygen atoms in total. The summed E-state index contributed by atoms with van der Waals surface area (Å²) in [4.78, 5) is 12.3. The molecular weight excluding hydrogens is 310 g/mol. The van der Waals surface area contributed by atoms with E-state index in [1.165, 1.54) is 41.5 Å². The van der Waals surface area contributed by atoms with E-state index in [9.17, 15) is 4.79 Å². The van der Waals surface area contributed by atoms with E-state index in [0.717, 1.165) is 18.6 Å². The molecule has 0 aromatic heterocycles. The van der Waals surface area contributed by atoms with Gasteiger partial charge in [0.2, 0.25) is 0 Å². The SMILES string of the molecule is CC[C@@H](NC(=O)COc1ccc(C)cc1)c1ccc2c(c1)CCCC2. The van der Waals surface area contributed by atoms with E-state index >= 15 is 0 Å². The highest BCUT2D eigenvalue weighted by atomic mass is 16.5. The molecule has 1 N–H and O–H groups in total. The van der Waals surface area contributed by atoms with Crippen molar-refractivity contribution in [1.82, 2.24) is 5.32 Å². The zero-order valence-electron chi connectivity index (χ0n) is 15.2. The third-order valence-corrected chi connectivity index (χ3v) is 4.91. The number of ether oxygens (including phenoxy) is 1. The molecule has 0 aliphatic heterocycles. The van der Waals surface area contributed by atoms with Gasteiger partial charge in [-0.2, -0.15) is 0 Å². The van der Waals surface area contributed by atoms with E-state index in [-0.39, 0.29) is 18.6 Å². The molecule has 1 aliphatic carbocycles. The van der Waals surface area contributed by atoms with Gasteiger partial charge in [-0.1, -0.05) is 42.8 Å². The molecule has 25 heavy (non-hydrogen) atoms. The van der Waals surface area contributed by atoms with E-state index in [4.69, 9.17) is 4.74 Å². The van der Waals surface area contributed by atoms with Gasteiger partial charge in [-0.25, -0.2) is 0 Å². The molecule has 0 fully saturated rings. The summed E-state index contributed by atoms with van der Waals surface area (Å²) >= 11 is 0. The van der Waals surface area contributed by atoms with Gasteiger partial charge >= 0.3 is 0 Å². The summed E-state index contributed by atoms with van der Waals surface area (Å²) in [6, 6.07) is 14.5. The predicted octanol–water partition coefficient (Wildman–Crippen LogP) is 4.52. The van der Waals surface area contributed by atoms with Crippen molar-refractivity contribution in [2.45, 2.75) is 52.0 Å². The summed E-state index contributed by atoms with van der Waals surface area (Å²) in [5.41, 5.74) is 5.30. The molecule has 1 amide bonds. The van der Waals surface area contributed by atoms with Gasteiger partial charge in [-0.05, 0) is 67.9 Å². The Labute approximate surface area is 150 Å². The second-order valence-electron chi connectivity index (χ2n) is 6.87.